The summed E-state index contributed by atoms with van der Waals surface area (Å²) in [6.07, 6.45) is 3.92. The van der Waals surface area contributed by atoms with Crippen LogP contribution >= 0.6 is 0 Å². The number of nitrogens with zero attached hydrogens (tertiary/aromatic N) is 1. The molecule has 4 heteroatoms. The van der Waals surface area contributed by atoms with Gasteiger partial charge in [-0.05, 0) is 46.2 Å². The molecule has 0 radical (unpaired) electrons. The molecule has 1 aliphatic rings. The Bertz CT molecular complexity index is 517. The van der Waals surface area contributed by atoms with Crippen molar-refractivity contribution < 1.29 is 15.0 Å². The number of carboxylic acid groups (broad SMARTS) is 1. The summed E-state index contributed by atoms with van der Waals surface area (Å²) in [6, 6.07) is 4.03. The molecule has 19 heavy (non-hydrogen) atoms. The van der Waals surface area contributed by atoms with E-state index >= 15 is 0 Å². The van der Waals surface area contributed by atoms with E-state index in [-0.39, 0.29) is 6.04 Å². The number of carbonyl (C=O) groups is 1. The summed E-state index contributed by atoms with van der Waals surface area (Å²) < 4.78 is 2.12. The van der Waals surface area contributed by atoms with E-state index in [2.05, 4.69) is 4.57 Å². The van der Waals surface area contributed by atoms with E-state index < -0.39 is 17.0 Å². The lowest BCUT2D eigenvalue weighted by molar-refractivity contribution is -0.159. The lowest BCUT2D eigenvalue weighted by Gasteiger charge is -2.36. The van der Waals surface area contributed by atoms with Gasteiger partial charge < -0.3 is 14.8 Å². The largest absolute Gasteiger partial charge is 0.481 e. The van der Waals surface area contributed by atoms with Gasteiger partial charge in [0.2, 0.25) is 0 Å². The molecule has 0 aromatic carbocycles. The topological polar surface area (TPSA) is 62.5 Å². The highest BCUT2D eigenvalue weighted by Crippen LogP contribution is 2.46. The average molecular weight is 263 g/mol. The fraction of sp³-hybridized carbons (Fsp3) is 0.533. The standard InChI is InChI=1S/C15H21NO3/c1-10-5-6-11(2)16(10)12-7-8-15(9-12,13(17)18)14(3,4)19/h5-8,12,19H,9H2,1-4H3,(H,17,18). The van der Waals surface area contributed by atoms with Gasteiger partial charge in [0.15, 0.2) is 0 Å². The fourth-order valence-corrected chi connectivity index (χ4v) is 3.00. The third-order valence-electron chi connectivity index (χ3n) is 4.26. The molecule has 0 aliphatic heterocycles. The second-order valence-corrected chi connectivity index (χ2v) is 5.95. The first-order valence-electron chi connectivity index (χ1n) is 6.48. The first-order chi connectivity index (χ1) is 8.69. The molecule has 4 nitrogen and oxygen atoms in total. The van der Waals surface area contributed by atoms with Crippen LogP contribution in [0.1, 0.15) is 37.7 Å². The molecule has 1 aliphatic carbocycles. The molecule has 2 atom stereocenters. The summed E-state index contributed by atoms with van der Waals surface area (Å²) in [6.45, 7) is 7.13. The van der Waals surface area contributed by atoms with Gasteiger partial charge in [0, 0.05) is 11.4 Å². The lowest BCUT2D eigenvalue weighted by atomic mass is 9.73. The summed E-state index contributed by atoms with van der Waals surface area (Å²) in [7, 11) is 0. The van der Waals surface area contributed by atoms with E-state index in [4.69, 9.17) is 0 Å². The molecule has 0 saturated heterocycles. The summed E-state index contributed by atoms with van der Waals surface area (Å²) >= 11 is 0. The maximum absolute atomic E-state index is 11.6. The number of aromatic nitrogens is 1. The predicted octanol–water partition coefficient (Wildman–Crippen LogP) is 2.45. The number of allylic oxidation sites excluding steroid dienone is 1. The second kappa shape index (κ2) is 4.23. The quantitative estimate of drug-likeness (QED) is 0.823. The van der Waals surface area contributed by atoms with Crippen molar-refractivity contribution in [2.45, 2.75) is 45.8 Å². The van der Waals surface area contributed by atoms with Crippen molar-refractivity contribution in [3.05, 3.63) is 35.7 Å². The molecular weight excluding hydrogens is 242 g/mol. The van der Waals surface area contributed by atoms with Crippen LogP contribution in [0.4, 0.5) is 0 Å². The normalized spacial score (nSPS) is 26.9. The van der Waals surface area contributed by atoms with Crippen molar-refractivity contribution in [2.24, 2.45) is 5.41 Å². The van der Waals surface area contributed by atoms with Crippen molar-refractivity contribution in [1.82, 2.24) is 4.57 Å². The highest BCUT2D eigenvalue weighted by atomic mass is 16.4. The minimum Gasteiger partial charge on any atom is -0.481 e. The molecule has 0 fully saturated rings. The van der Waals surface area contributed by atoms with Crippen molar-refractivity contribution in [2.75, 3.05) is 0 Å². The fourth-order valence-electron chi connectivity index (χ4n) is 3.00. The van der Waals surface area contributed by atoms with E-state index in [0.717, 1.165) is 11.4 Å². The number of aliphatic hydroxyl groups is 1. The van der Waals surface area contributed by atoms with Crippen LogP contribution in [0.25, 0.3) is 0 Å². The van der Waals surface area contributed by atoms with E-state index in [9.17, 15) is 15.0 Å². The van der Waals surface area contributed by atoms with E-state index in [1.54, 1.807) is 19.9 Å². The Kier molecular flexibility index (Phi) is 3.09. The second-order valence-electron chi connectivity index (χ2n) is 5.95. The van der Waals surface area contributed by atoms with Crippen LogP contribution in [-0.2, 0) is 4.79 Å². The van der Waals surface area contributed by atoms with E-state index in [1.165, 1.54) is 0 Å². The molecule has 2 N–H and O–H groups in total. The summed E-state index contributed by atoms with van der Waals surface area (Å²) in [4.78, 5) is 11.6. The molecule has 0 saturated carbocycles. The first-order valence-corrected chi connectivity index (χ1v) is 6.48. The van der Waals surface area contributed by atoms with Crippen LogP contribution in [-0.4, -0.2) is 26.4 Å². The third kappa shape index (κ3) is 2.00. The van der Waals surface area contributed by atoms with Gasteiger partial charge in [-0.2, -0.15) is 0 Å². The zero-order chi connectivity index (χ0) is 14.4. The SMILES string of the molecule is Cc1ccc(C)n1C1C=CC(C(=O)O)(C(C)(C)O)C1. The highest BCUT2D eigenvalue weighted by Gasteiger charge is 2.52. The van der Waals surface area contributed by atoms with Gasteiger partial charge in [-0.25, -0.2) is 0 Å². The molecular formula is C15H21NO3. The van der Waals surface area contributed by atoms with Crippen LogP contribution < -0.4 is 0 Å². The number of hydrogen-bond acceptors (Lipinski definition) is 2. The molecule has 1 aromatic heterocycles. The number of aryl methyl sites for hydroxylation is 2. The van der Waals surface area contributed by atoms with Gasteiger partial charge in [-0.1, -0.05) is 12.2 Å². The molecule has 104 valence electrons. The monoisotopic (exact) mass is 263 g/mol. The minimum atomic E-state index is -1.29. The maximum atomic E-state index is 11.6. The van der Waals surface area contributed by atoms with Gasteiger partial charge in [-0.3, -0.25) is 4.79 Å². The number of aliphatic carboxylic acids is 1. The van der Waals surface area contributed by atoms with Crippen molar-refractivity contribution in [3.8, 4) is 0 Å². The molecule has 0 amide bonds. The minimum absolute atomic E-state index is 0.0162. The van der Waals surface area contributed by atoms with Crippen LogP contribution in [0.2, 0.25) is 0 Å². The van der Waals surface area contributed by atoms with Gasteiger partial charge in [-0.15, -0.1) is 0 Å². The smallest absolute Gasteiger partial charge is 0.316 e. The molecule has 1 heterocycles. The van der Waals surface area contributed by atoms with Crippen LogP contribution in [0, 0.1) is 19.3 Å². The van der Waals surface area contributed by atoms with Crippen molar-refractivity contribution >= 4 is 5.97 Å². The predicted molar refractivity (Wildman–Crippen MR) is 73.1 cm³/mol. The Balaban J connectivity index is 2.39. The molecule has 0 spiro atoms. The Morgan fingerprint density at radius 2 is 1.89 bits per heavy atom. The van der Waals surface area contributed by atoms with Gasteiger partial charge >= 0.3 is 5.97 Å². The summed E-state index contributed by atoms with van der Waals surface area (Å²) in [5.74, 6) is -0.971. The van der Waals surface area contributed by atoms with Crippen LogP contribution in [0.3, 0.4) is 0 Å². The Morgan fingerprint density at radius 1 is 1.37 bits per heavy atom. The first kappa shape index (κ1) is 13.9. The zero-order valence-electron chi connectivity index (χ0n) is 11.8. The lowest BCUT2D eigenvalue weighted by Crippen LogP contribution is -2.47. The summed E-state index contributed by atoms with van der Waals surface area (Å²) in [5, 5.41) is 19.8. The van der Waals surface area contributed by atoms with Crippen LogP contribution in [0.5, 0.6) is 0 Å². The zero-order valence-corrected chi connectivity index (χ0v) is 11.8. The molecule has 2 rings (SSSR count). The van der Waals surface area contributed by atoms with Crippen molar-refractivity contribution in [1.29, 1.82) is 0 Å². The number of carboxylic acids is 1. The van der Waals surface area contributed by atoms with E-state index in [0.29, 0.717) is 6.42 Å². The van der Waals surface area contributed by atoms with Crippen LogP contribution in [0.15, 0.2) is 24.3 Å². The molecule has 0 bridgehead atoms. The number of rotatable bonds is 3. The number of hydrogen-bond donors (Lipinski definition) is 2. The van der Waals surface area contributed by atoms with E-state index in [1.807, 2.05) is 32.1 Å². The Labute approximate surface area is 113 Å². The Morgan fingerprint density at radius 3 is 2.26 bits per heavy atom. The third-order valence-corrected chi connectivity index (χ3v) is 4.26. The highest BCUT2D eigenvalue weighted by molar-refractivity contribution is 5.79. The van der Waals surface area contributed by atoms with Gasteiger partial charge in [0.05, 0.1) is 11.6 Å². The van der Waals surface area contributed by atoms with Gasteiger partial charge in [0.1, 0.15) is 5.41 Å². The summed E-state index contributed by atoms with van der Waals surface area (Å²) in [5.41, 5.74) is -0.312. The Hall–Kier alpha value is -1.55. The van der Waals surface area contributed by atoms with Crippen molar-refractivity contribution in [3.63, 3.8) is 0 Å². The molecule has 2 unspecified atom stereocenters. The average Bonchev–Trinajstić information content (AvgIpc) is 2.83. The molecule has 1 aromatic rings. The maximum Gasteiger partial charge on any atom is 0.316 e. The van der Waals surface area contributed by atoms with Gasteiger partial charge in [0.25, 0.3) is 0 Å².